The Bertz CT molecular complexity index is 475. The minimum Gasteiger partial charge on any atom is -0.369 e. The van der Waals surface area contributed by atoms with Crippen molar-refractivity contribution >= 4 is 28.9 Å². The van der Waals surface area contributed by atoms with Crippen molar-refractivity contribution in [2.24, 2.45) is 5.41 Å². The molecule has 1 unspecified atom stereocenters. The van der Waals surface area contributed by atoms with Crippen molar-refractivity contribution in [2.45, 2.75) is 32.8 Å². The van der Waals surface area contributed by atoms with E-state index in [1.54, 1.807) is 11.3 Å². The third-order valence-corrected chi connectivity index (χ3v) is 5.57. The number of thiazole rings is 1. The summed E-state index contributed by atoms with van der Waals surface area (Å²) in [6, 6.07) is 0. The van der Waals surface area contributed by atoms with E-state index in [9.17, 15) is 4.79 Å². The average molecular weight is 283 g/mol. The molecule has 5 heteroatoms. The predicted molar refractivity (Wildman–Crippen MR) is 74.6 cm³/mol. The molecule has 98 valence electrons. The van der Waals surface area contributed by atoms with Gasteiger partial charge in [0.25, 0.3) is 0 Å². The Balaban J connectivity index is 1.90. The van der Waals surface area contributed by atoms with E-state index in [1.165, 1.54) is 0 Å². The molecule has 1 aromatic heterocycles. The summed E-state index contributed by atoms with van der Waals surface area (Å²) >= 11 is 3.45. The predicted octanol–water partition coefficient (Wildman–Crippen LogP) is 3.10. The van der Waals surface area contributed by atoms with E-state index in [1.807, 2.05) is 11.8 Å². The molecule has 3 rings (SSSR count). The number of nitrogens with zero attached hydrogens (tertiary/aromatic N) is 1. The Morgan fingerprint density at radius 3 is 2.94 bits per heavy atom. The third-order valence-electron chi connectivity index (χ3n) is 3.34. The maximum Gasteiger partial charge on any atom is 0.175 e. The van der Waals surface area contributed by atoms with Crippen molar-refractivity contribution in [2.75, 3.05) is 18.1 Å². The van der Waals surface area contributed by atoms with E-state index in [0.717, 1.165) is 40.1 Å². The highest BCUT2D eigenvalue weighted by Crippen LogP contribution is 2.39. The molecule has 3 nitrogen and oxygen atoms in total. The summed E-state index contributed by atoms with van der Waals surface area (Å²) in [5, 5.41) is 0.998. The van der Waals surface area contributed by atoms with Gasteiger partial charge in [0.15, 0.2) is 5.78 Å². The van der Waals surface area contributed by atoms with Gasteiger partial charge in [0.1, 0.15) is 11.1 Å². The Labute approximate surface area is 115 Å². The molecule has 0 radical (unpaired) electrons. The number of aromatic nitrogens is 1. The fourth-order valence-electron chi connectivity index (χ4n) is 2.51. The quantitative estimate of drug-likeness (QED) is 0.794. The molecular weight excluding hydrogens is 266 g/mol. The van der Waals surface area contributed by atoms with Crippen LogP contribution in [-0.2, 0) is 11.2 Å². The molecule has 2 heterocycles. The van der Waals surface area contributed by atoms with Crippen LogP contribution in [0.3, 0.4) is 0 Å². The van der Waals surface area contributed by atoms with E-state index in [2.05, 4.69) is 18.8 Å². The average Bonchev–Trinajstić information content (AvgIpc) is 2.72. The highest BCUT2D eigenvalue weighted by Gasteiger charge is 2.35. The maximum atomic E-state index is 12.1. The lowest BCUT2D eigenvalue weighted by molar-refractivity contribution is 0.0753. The van der Waals surface area contributed by atoms with Gasteiger partial charge in [0.05, 0.1) is 17.2 Å². The monoisotopic (exact) mass is 283 g/mol. The van der Waals surface area contributed by atoms with Gasteiger partial charge >= 0.3 is 0 Å². The fraction of sp³-hybridized carbons (Fsp3) is 0.692. The lowest BCUT2D eigenvalue weighted by atomic mass is 9.78. The number of Topliss-reactive ketones (excluding diaryl/α,β-unsaturated/α-hetero) is 1. The van der Waals surface area contributed by atoms with Crippen molar-refractivity contribution < 1.29 is 9.53 Å². The van der Waals surface area contributed by atoms with Crippen molar-refractivity contribution in [1.82, 2.24) is 4.98 Å². The highest BCUT2D eigenvalue weighted by atomic mass is 32.2. The first kappa shape index (κ1) is 12.6. The molecule has 0 aromatic carbocycles. The topological polar surface area (TPSA) is 39.2 Å². The molecule has 0 amide bonds. The molecule has 1 aliphatic carbocycles. The van der Waals surface area contributed by atoms with Gasteiger partial charge in [-0.05, 0) is 11.8 Å². The molecular formula is C13H17NO2S2. The molecule has 1 fully saturated rings. The van der Waals surface area contributed by atoms with Crippen molar-refractivity contribution in [3.8, 4) is 0 Å². The number of ether oxygens (including phenoxy) is 1. The molecule has 1 saturated heterocycles. The number of carbonyl (C=O) groups excluding carboxylic acids is 1. The van der Waals surface area contributed by atoms with Gasteiger partial charge < -0.3 is 4.74 Å². The Hall–Kier alpha value is -0.390. The summed E-state index contributed by atoms with van der Waals surface area (Å²) in [4.78, 5) is 17.7. The lowest BCUT2D eigenvalue weighted by Crippen LogP contribution is -2.26. The van der Waals surface area contributed by atoms with Crippen LogP contribution in [0.25, 0.3) is 0 Å². The fourth-order valence-corrected chi connectivity index (χ4v) is 4.53. The Kier molecular flexibility index (Phi) is 3.24. The second-order valence-corrected chi connectivity index (χ2v) is 7.88. The normalized spacial score (nSPS) is 27.0. The number of hydrogen-bond acceptors (Lipinski definition) is 5. The highest BCUT2D eigenvalue weighted by molar-refractivity contribution is 7.99. The standard InChI is InChI=1S/C13H17NO2S2/c1-13(2)5-8-11(9(15)6-13)18-12(14-8)10-7-17-4-3-16-10/h10H,3-7H2,1-2H3. The number of fused-ring (bicyclic) bond motifs is 1. The van der Waals surface area contributed by atoms with Gasteiger partial charge in [0, 0.05) is 17.9 Å². The van der Waals surface area contributed by atoms with Gasteiger partial charge in [-0.3, -0.25) is 4.79 Å². The van der Waals surface area contributed by atoms with E-state index in [-0.39, 0.29) is 17.3 Å². The lowest BCUT2D eigenvalue weighted by Gasteiger charge is -2.26. The summed E-state index contributed by atoms with van der Waals surface area (Å²) < 4.78 is 5.74. The third kappa shape index (κ3) is 2.36. The molecule has 0 spiro atoms. The summed E-state index contributed by atoms with van der Waals surface area (Å²) in [5.41, 5.74) is 1.05. The zero-order valence-corrected chi connectivity index (χ0v) is 12.3. The molecule has 0 N–H and O–H groups in total. The number of rotatable bonds is 1. The first-order chi connectivity index (χ1) is 8.55. The van der Waals surface area contributed by atoms with Crippen molar-refractivity contribution in [3.63, 3.8) is 0 Å². The zero-order valence-electron chi connectivity index (χ0n) is 10.7. The maximum absolute atomic E-state index is 12.1. The molecule has 0 saturated carbocycles. The summed E-state index contributed by atoms with van der Waals surface area (Å²) in [5.74, 6) is 2.28. The van der Waals surface area contributed by atoms with Crippen LogP contribution in [0.4, 0.5) is 0 Å². The summed E-state index contributed by atoms with van der Waals surface area (Å²) in [7, 11) is 0. The van der Waals surface area contributed by atoms with Crippen molar-refractivity contribution in [1.29, 1.82) is 0 Å². The summed E-state index contributed by atoms with van der Waals surface area (Å²) in [6.45, 7) is 5.07. The summed E-state index contributed by atoms with van der Waals surface area (Å²) in [6.07, 6.45) is 1.64. The number of carbonyl (C=O) groups is 1. The SMILES string of the molecule is CC1(C)CC(=O)c2sc(C3CSCCO3)nc2C1. The zero-order chi connectivity index (χ0) is 12.8. The van der Waals surface area contributed by atoms with Crippen LogP contribution in [0.15, 0.2) is 0 Å². The minimum absolute atomic E-state index is 0.0532. The number of hydrogen-bond donors (Lipinski definition) is 0. The Morgan fingerprint density at radius 2 is 2.22 bits per heavy atom. The molecule has 2 aliphatic rings. The van der Waals surface area contributed by atoms with Crippen molar-refractivity contribution in [3.05, 3.63) is 15.6 Å². The van der Waals surface area contributed by atoms with Crippen LogP contribution in [0, 0.1) is 5.41 Å². The smallest absolute Gasteiger partial charge is 0.175 e. The van der Waals surface area contributed by atoms with Crippen LogP contribution in [-0.4, -0.2) is 28.9 Å². The molecule has 18 heavy (non-hydrogen) atoms. The van der Waals surface area contributed by atoms with Gasteiger partial charge in [-0.2, -0.15) is 11.8 Å². The van der Waals surface area contributed by atoms with E-state index in [4.69, 9.17) is 4.74 Å². The molecule has 1 aliphatic heterocycles. The number of ketones is 1. The van der Waals surface area contributed by atoms with E-state index < -0.39 is 0 Å². The van der Waals surface area contributed by atoms with Gasteiger partial charge in [-0.1, -0.05) is 13.8 Å². The molecule has 1 atom stereocenters. The minimum atomic E-state index is 0.0532. The van der Waals surface area contributed by atoms with Crippen LogP contribution in [0.5, 0.6) is 0 Å². The second kappa shape index (κ2) is 4.62. The Morgan fingerprint density at radius 1 is 1.39 bits per heavy atom. The molecule has 1 aromatic rings. The van der Waals surface area contributed by atoms with Crippen LogP contribution in [0.2, 0.25) is 0 Å². The first-order valence-corrected chi connectivity index (χ1v) is 8.24. The van der Waals surface area contributed by atoms with Gasteiger partial charge in [-0.15, -0.1) is 11.3 Å². The van der Waals surface area contributed by atoms with Crippen LogP contribution in [0.1, 0.15) is 46.7 Å². The second-order valence-electron chi connectivity index (χ2n) is 5.70. The van der Waals surface area contributed by atoms with Gasteiger partial charge in [0.2, 0.25) is 0 Å². The number of thioether (sulfide) groups is 1. The van der Waals surface area contributed by atoms with E-state index >= 15 is 0 Å². The van der Waals surface area contributed by atoms with Crippen LogP contribution < -0.4 is 0 Å². The van der Waals surface area contributed by atoms with Gasteiger partial charge in [-0.25, -0.2) is 4.98 Å². The largest absolute Gasteiger partial charge is 0.369 e. The van der Waals surface area contributed by atoms with Crippen LogP contribution >= 0.6 is 23.1 Å². The first-order valence-electron chi connectivity index (χ1n) is 6.27. The molecule has 0 bridgehead atoms. The van der Waals surface area contributed by atoms with E-state index in [0.29, 0.717) is 6.42 Å².